The largest absolute Gasteiger partial charge is 0.511 e. The van der Waals surface area contributed by atoms with Crippen LogP contribution >= 0.6 is 24.0 Å². The molecule has 0 radical (unpaired) electrons. The Labute approximate surface area is 192 Å². The summed E-state index contributed by atoms with van der Waals surface area (Å²) in [5.41, 5.74) is -5.24. The fourth-order valence-corrected chi connectivity index (χ4v) is 4.20. The lowest BCUT2D eigenvalue weighted by Crippen LogP contribution is -2.47. The number of aromatic nitrogens is 2. The summed E-state index contributed by atoms with van der Waals surface area (Å²) in [5, 5.41) is 6.39. The Balaban J connectivity index is 0.00000450. The maximum Gasteiger partial charge on any atom is 0.511 e. The molecule has 0 unspecified atom stereocenters. The summed E-state index contributed by atoms with van der Waals surface area (Å²) in [6.45, 7) is 3.91. The third kappa shape index (κ3) is 7.55. The summed E-state index contributed by atoms with van der Waals surface area (Å²) < 4.78 is 63.4. The lowest BCUT2D eigenvalue weighted by molar-refractivity contribution is -0.0496. The van der Waals surface area contributed by atoms with Gasteiger partial charge in [-0.25, -0.2) is 13.4 Å². The van der Waals surface area contributed by atoms with Crippen LogP contribution in [0.1, 0.15) is 31.5 Å². The number of unbranched alkanes of at least 4 members (excludes halogenated alkanes) is 1. The van der Waals surface area contributed by atoms with Crippen molar-refractivity contribution in [2.75, 3.05) is 33.2 Å². The number of rotatable bonds is 8. The van der Waals surface area contributed by atoms with Gasteiger partial charge in [0.05, 0.1) is 0 Å². The second-order valence-electron chi connectivity index (χ2n) is 7.05. The number of piperidine rings is 1. The number of alkyl halides is 3. The Morgan fingerprint density at radius 1 is 1.27 bits per heavy atom. The van der Waals surface area contributed by atoms with Crippen LogP contribution in [0.4, 0.5) is 13.2 Å². The molecule has 1 aromatic rings. The first-order valence-electron chi connectivity index (χ1n) is 9.64. The Kier molecular flexibility index (Phi) is 10.8. The highest BCUT2D eigenvalue weighted by Gasteiger charge is 2.50. The van der Waals surface area contributed by atoms with Gasteiger partial charge in [-0.1, -0.05) is 0 Å². The molecule has 0 spiro atoms. The van der Waals surface area contributed by atoms with Gasteiger partial charge < -0.3 is 15.2 Å². The van der Waals surface area contributed by atoms with E-state index in [0.29, 0.717) is 29.7 Å². The standard InChI is InChI=1S/C17H29F3N6O2S.HI/c1-14-22-8-12-25(14)9-4-3-7-23-16(21-2)24-13-15-5-10-26(11-6-15)29(27,28)17(18,19)20;/h8,12,15H,3-7,9-11,13H2,1-2H3,(H2,21,23,24);1H. The molecule has 0 saturated carbocycles. The number of hydrogen-bond acceptors (Lipinski definition) is 4. The Hall–Kier alpha value is -1.09. The molecule has 0 aromatic carbocycles. The number of nitrogens with one attached hydrogen (secondary N) is 2. The molecule has 1 aliphatic heterocycles. The van der Waals surface area contributed by atoms with E-state index < -0.39 is 15.5 Å². The van der Waals surface area contributed by atoms with Crippen LogP contribution in [0.2, 0.25) is 0 Å². The zero-order valence-corrected chi connectivity index (χ0v) is 20.3. The first-order chi connectivity index (χ1) is 13.6. The third-order valence-electron chi connectivity index (χ3n) is 5.03. The van der Waals surface area contributed by atoms with E-state index in [0.717, 1.165) is 31.8 Å². The first kappa shape index (κ1) is 26.9. The average Bonchev–Trinajstić information content (AvgIpc) is 3.08. The summed E-state index contributed by atoms with van der Waals surface area (Å²) in [6, 6.07) is 0. The fourth-order valence-electron chi connectivity index (χ4n) is 3.22. The summed E-state index contributed by atoms with van der Waals surface area (Å²) in [6.07, 6.45) is 6.43. The quantitative estimate of drug-likeness (QED) is 0.218. The fraction of sp³-hybridized carbons (Fsp3) is 0.765. The lowest BCUT2D eigenvalue weighted by atomic mass is 9.98. The molecule has 2 N–H and O–H groups in total. The van der Waals surface area contributed by atoms with Crippen molar-refractivity contribution in [3.63, 3.8) is 0 Å². The third-order valence-corrected chi connectivity index (χ3v) is 6.66. The van der Waals surface area contributed by atoms with E-state index in [9.17, 15) is 21.6 Å². The number of sulfonamides is 1. The number of nitrogens with zero attached hydrogens (tertiary/aromatic N) is 4. The zero-order valence-electron chi connectivity index (χ0n) is 17.2. The number of aliphatic imine (C=N–C) groups is 1. The molecule has 0 amide bonds. The van der Waals surface area contributed by atoms with Crippen LogP contribution in [-0.4, -0.2) is 67.0 Å². The number of halogens is 4. The first-order valence-corrected chi connectivity index (χ1v) is 11.1. The molecule has 2 heterocycles. The highest BCUT2D eigenvalue weighted by molar-refractivity contribution is 14.0. The SMILES string of the molecule is CN=C(NCCCCn1ccnc1C)NCC1CCN(S(=O)(=O)C(F)(F)F)CC1.I. The minimum Gasteiger partial charge on any atom is -0.356 e. The molecule has 30 heavy (non-hydrogen) atoms. The molecule has 13 heteroatoms. The Morgan fingerprint density at radius 3 is 2.47 bits per heavy atom. The van der Waals surface area contributed by atoms with Crippen molar-refractivity contribution < 1.29 is 21.6 Å². The summed E-state index contributed by atoms with van der Waals surface area (Å²) in [7, 11) is -3.57. The molecule has 174 valence electrons. The average molecular weight is 566 g/mol. The molecular weight excluding hydrogens is 536 g/mol. The van der Waals surface area contributed by atoms with Crippen molar-refractivity contribution in [2.24, 2.45) is 10.9 Å². The number of guanidine groups is 1. The van der Waals surface area contributed by atoms with Gasteiger partial charge >= 0.3 is 15.5 Å². The van der Waals surface area contributed by atoms with Gasteiger partial charge in [-0.3, -0.25) is 4.99 Å². The Morgan fingerprint density at radius 2 is 1.93 bits per heavy atom. The number of hydrogen-bond donors (Lipinski definition) is 2. The van der Waals surface area contributed by atoms with Crippen molar-refractivity contribution in [3.05, 3.63) is 18.2 Å². The van der Waals surface area contributed by atoms with E-state index in [1.54, 1.807) is 13.2 Å². The van der Waals surface area contributed by atoms with Crippen LogP contribution in [0, 0.1) is 12.8 Å². The summed E-state index contributed by atoms with van der Waals surface area (Å²) in [5.74, 6) is 1.72. The number of imidazole rings is 1. The van der Waals surface area contributed by atoms with Gasteiger partial charge in [-0.15, -0.1) is 24.0 Å². The van der Waals surface area contributed by atoms with Gasteiger partial charge in [0.1, 0.15) is 5.82 Å². The summed E-state index contributed by atoms with van der Waals surface area (Å²) in [4.78, 5) is 8.33. The topological polar surface area (TPSA) is 91.6 Å². The molecular formula is C17H30F3IN6O2S. The monoisotopic (exact) mass is 566 g/mol. The highest BCUT2D eigenvalue weighted by Crippen LogP contribution is 2.30. The van der Waals surface area contributed by atoms with Crippen LogP contribution in [0.5, 0.6) is 0 Å². The van der Waals surface area contributed by atoms with Crippen LogP contribution < -0.4 is 10.6 Å². The van der Waals surface area contributed by atoms with Crippen LogP contribution in [0.15, 0.2) is 17.4 Å². The van der Waals surface area contributed by atoms with E-state index in [4.69, 9.17) is 0 Å². The molecule has 2 rings (SSSR count). The normalized spacial score (nSPS) is 16.9. The molecule has 1 fully saturated rings. The van der Waals surface area contributed by atoms with E-state index in [1.165, 1.54) is 0 Å². The van der Waals surface area contributed by atoms with Gasteiger partial charge in [-0.05, 0) is 38.5 Å². The van der Waals surface area contributed by atoms with E-state index in [2.05, 4.69) is 25.2 Å². The van der Waals surface area contributed by atoms with Crippen LogP contribution in [-0.2, 0) is 16.6 Å². The minimum atomic E-state index is -5.24. The van der Waals surface area contributed by atoms with Crippen molar-refractivity contribution in [1.29, 1.82) is 0 Å². The maximum atomic E-state index is 12.6. The van der Waals surface area contributed by atoms with E-state index in [1.807, 2.05) is 13.1 Å². The van der Waals surface area contributed by atoms with Gasteiger partial charge in [0, 0.05) is 52.2 Å². The van der Waals surface area contributed by atoms with E-state index >= 15 is 0 Å². The van der Waals surface area contributed by atoms with Gasteiger partial charge in [-0.2, -0.15) is 17.5 Å². The smallest absolute Gasteiger partial charge is 0.356 e. The van der Waals surface area contributed by atoms with Crippen LogP contribution in [0.3, 0.4) is 0 Å². The van der Waals surface area contributed by atoms with Crippen molar-refractivity contribution in [3.8, 4) is 0 Å². The van der Waals surface area contributed by atoms with Crippen molar-refractivity contribution in [1.82, 2.24) is 24.5 Å². The molecule has 8 nitrogen and oxygen atoms in total. The Bertz CT molecular complexity index is 777. The van der Waals surface area contributed by atoms with Gasteiger partial charge in [0.15, 0.2) is 5.96 Å². The molecule has 0 bridgehead atoms. The van der Waals surface area contributed by atoms with Crippen molar-refractivity contribution in [2.45, 2.75) is 44.7 Å². The molecule has 1 aliphatic rings. The number of aryl methyl sites for hydroxylation is 2. The van der Waals surface area contributed by atoms with Gasteiger partial charge in [0.25, 0.3) is 0 Å². The molecule has 0 atom stereocenters. The van der Waals surface area contributed by atoms with Crippen molar-refractivity contribution >= 4 is 40.0 Å². The highest BCUT2D eigenvalue weighted by atomic mass is 127. The zero-order chi connectivity index (χ0) is 21.5. The second kappa shape index (κ2) is 12.1. The van der Waals surface area contributed by atoms with E-state index in [-0.39, 0.29) is 43.0 Å². The molecule has 1 saturated heterocycles. The molecule has 1 aromatic heterocycles. The summed E-state index contributed by atoms with van der Waals surface area (Å²) >= 11 is 0. The molecule has 0 aliphatic carbocycles. The van der Waals surface area contributed by atoms with Crippen LogP contribution in [0.25, 0.3) is 0 Å². The minimum absolute atomic E-state index is 0. The predicted octanol–water partition coefficient (Wildman–Crippen LogP) is 2.32. The second-order valence-corrected chi connectivity index (χ2v) is 8.98. The predicted molar refractivity (Wildman–Crippen MR) is 120 cm³/mol. The van der Waals surface area contributed by atoms with Gasteiger partial charge in [0.2, 0.25) is 0 Å². The lowest BCUT2D eigenvalue weighted by Gasteiger charge is -2.31. The maximum absolute atomic E-state index is 12.6.